The molecular formula is C28H26ClF3N4O2. The van der Waals surface area contributed by atoms with E-state index in [4.69, 9.17) is 11.6 Å². The van der Waals surface area contributed by atoms with Gasteiger partial charge in [0.05, 0.1) is 28.1 Å². The number of aryl methyl sites for hydroxylation is 1. The van der Waals surface area contributed by atoms with Crippen molar-refractivity contribution >= 4 is 41.0 Å². The maximum atomic E-state index is 13.1. The van der Waals surface area contributed by atoms with Crippen molar-refractivity contribution in [1.29, 1.82) is 0 Å². The minimum absolute atomic E-state index is 0.108. The van der Waals surface area contributed by atoms with Crippen LogP contribution in [0.3, 0.4) is 0 Å². The summed E-state index contributed by atoms with van der Waals surface area (Å²) in [6.07, 6.45) is -0.298. The molecule has 0 atom stereocenters. The van der Waals surface area contributed by atoms with Crippen LogP contribution in [0.15, 0.2) is 65.8 Å². The maximum Gasteiger partial charge on any atom is 0.417 e. The number of amides is 2. The zero-order chi connectivity index (χ0) is 27.3. The standard InChI is InChI=1S/C28H26ClF3N4O2/c1-18-6-5-7-20(14-18)26(37)34-25-11-9-21(36-12-3-2-4-13-36)16-22(25)27(38)35-33-17-19-8-10-24(29)23(15-19)28(30,31)32/h5-11,14-17H,2-4,12-13H2,1H3,(H,34,37)(H,35,38). The lowest BCUT2D eigenvalue weighted by Gasteiger charge is -2.29. The zero-order valence-corrected chi connectivity index (χ0v) is 21.4. The highest BCUT2D eigenvalue weighted by Gasteiger charge is 2.33. The van der Waals surface area contributed by atoms with Crippen LogP contribution in [0.4, 0.5) is 24.5 Å². The highest BCUT2D eigenvalue weighted by Crippen LogP contribution is 2.35. The molecule has 1 aliphatic rings. The van der Waals surface area contributed by atoms with Crippen molar-refractivity contribution in [3.8, 4) is 0 Å². The molecule has 1 aliphatic heterocycles. The molecular weight excluding hydrogens is 517 g/mol. The second-order valence-corrected chi connectivity index (χ2v) is 9.44. The number of benzene rings is 3. The summed E-state index contributed by atoms with van der Waals surface area (Å²) < 4.78 is 39.4. The first-order valence-corrected chi connectivity index (χ1v) is 12.5. The largest absolute Gasteiger partial charge is 0.417 e. The van der Waals surface area contributed by atoms with Gasteiger partial charge in [0.2, 0.25) is 0 Å². The number of carbonyl (C=O) groups is 2. The first-order chi connectivity index (χ1) is 18.1. The van der Waals surface area contributed by atoms with Gasteiger partial charge < -0.3 is 10.2 Å². The highest BCUT2D eigenvalue weighted by atomic mass is 35.5. The first kappa shape index (κ1) is 27.2. The van der Waals surface area contributed by atoms with Crippen LogP contribution in [0.5, 0.6) is 0 Å². The third kappa shape index (κ3) is 6.72. The summed E-state index contributed by atoms with van der Waals surface area (Å²) in [5.74, 6) is -0.998. The molecule has 4 rings (SSSR count). The predicted octanol–water partition coefficient (Wildman–Crippen LogP) is 6.67. The van der Waals surface area contributed by atoms with Gasteiger partial charge in [0.25, 0.3) is 11.8 Å². The number of nitrogens with zero attached hydrogens (tertiary/aromatic N) is 2. The Labute approximate surface area is 223 Å². The lowest BCUT2D eigenvalue weighted by molar-refractivity contribution is -0.137. The van der Waals surface area contributed by atoms with Crippen LogP contribution in [0.1, 0.15) is 56.7 Å². The van der Waals surface area contributed by atoms with Crippen molar-refractivity contribution in [3.63, 3.8) is 0 Å². The van der Waals surface area contributed by atoms with Crippen LogP contribution < -0.4 is 15.6 Å². The number of hydrazone groups is 1. The molecule has 2 N–H and O–H groups in total. The quantitative estimate of drug-likeness (QED) is 0.270. The molecule has 2 amide bonds. The van der Waals surface area contributed by atoms with E-state index < -0.39 is 22.7 Å². The van der Waals surface area contributed by atoms with E-state index in [0.717, 1.165) is 62.0 Å². The van der Waals surface area contributed by atoms with Crippen molar-refractivity contribution < 1.29 is 22.8 Å². The average Bonchev–Trinajstić information content (AvgIpc) is 2.89. The Morgan fingerprint density at radius 2 is 1.74 bits per heavy atom. The molecule has 0 aromatic heterocycles. The molecule has 0 unspecified atom stereocenters. The van der Waals surface area contributed by atoms with Crippen LogP contribution >= 0.6 is 11.6 Å². The lowest BCUT2D eigenvalue weighted by atomic mass is 10.1. The van der Waals surface area contributed by atoms with Gasteiger partial charge in [-0.2, -0.15) is 18.3 Å². The number of rotatable bonds is 6. The Balaban J connectivity index is 1.58. The third-order valence-electron chi connectivity index (χ3n) is 6.17. The molecule has 0 spiro atoms. The summed E-state index contributed by atoms with van der Waals surface area (Å²) in [4.78, 5) is 28.2. The molecule has 0 bridgehead atoms. The third-order valence-corrected chi connectivity index (χ3v) is 6.50. The number of carbonyl (C=O) groups excluding carboxylic acids is 2. The minimum atomic E-state index is -4.62. The lowest BCUT2D eigenvalue weighted by Crippen LogP contribution is -2.30. The normalized spacial score (nSPS) is 14.0. The fourth-order valence-corrected chi connectivity index (χ4v) is 4.45. The number of hydrogen-bond donors (Lipinski definition) is 2. The monoisotopic (exact) mass is 542 g/mol. The molecule has 3 aromatic carbocycles. The molecule has 3 aromatic rings. The summed E-state index contributed by atoms with van der Waals surface area (Å²) in [5, 5.41) is 6.21. The van der Waals surface area contributed by atoms with E-state index in [9.17, 15) is 22.8 Å². The molecule has 1 fully saturated rings. The number of alkyl halides is 3. The Bertz CT molecular complexity index is 1370. The van der Waals surface area contributed by atoms with Crippen LogP contribution in [-0.4, -0.2) is 31.1 Å². The first-order valence-electron chi connectivity index (χ1n) is 12.1. The number of nitrogens with one attached hydrogen (secondary N) is 2. The van der Waals surface area contributed by atoms with Crippen molar-refractivity contribution in [2.45, 2.75) is 32.4 Å². The minimum Gasteiger partial charge on any atom is -0.372 e. The van der Waals surface area contributed by atoms with Gasteiger partial charge in [0.1, 0.15) is 0 Å². The fourth-order valence-electron chi connectivity index (χ4n) is 4.22. The second kappa shape index (κ2) is 11.7. The van der Waals surface area contributed by atoms with E-state index in [1.54, 1.807) is 30.3 Å². The van der Waals surface area contributed by atoms with Gasteiger partial charge in [-0.25, -0.2) is 5.43 Å². The van der Waals surface area contributed by atoms with E-state index >= 15 is 0 Å². The number of anilines is 2. The Morgan fingerprint density at radius 1 is 0.974 bits per heavy atom. The Kier molecular flexibility index (Phi) is 8.36. The van der Waals surface area contributed by atoms with Gasteiger partial charge in [-0.3, -0.25) is 9.59 Å². The molecule has 0 radical (unpaired) electrons. The summed E-state index contributed by atoms with van der Waals surface area (Å²) in [5.41, 5.74) is 4.13. The summed E-state index contributed by atoms with van der Waals surface area (Å²) in [6, 6.07) is 15.6. The van der Waals surface area contributed by atoms with Gasteiger partial charge in [0, 0.05) is 24.3 Å². The molecule has 6 nitrogen and oxygen atoms in total. The summed E-state index contributed by atoms with van der Waals surface area (Å²) in [7, 11) is 0. The Morgan fingerprint density at radius 3 is 2.45 bits per heavy atom. The highest BCUT2D eigenvalue weighted by molar-refractivity contribution is 6.31. The zero-order valence-electron chi connectivity index (χ0n) is 20.6. The van der Waals surface area contributed by atoms with Crippen LogP contribution in [-0.2, 0) is 6.18 Å². The molecule has 1 saturated heterocycles. The van der Waals surface area contributed by atoms with Crippen LogP contribution in [0.2, 0.25) is 5.02 Å². The molecule has 1 heterocycles. The van der Waals surface area contributed by atoms with Crippen LogP contribution in [0.25, 0.3) is 0 Å². The molecule has 0 aliphatic carbocycles. The molecule has 198 valence electrons. The van der Waals surface area contributed by atoms with E-state index in [1.807, 2.05) is 19.1 Å². The predicted molar refractivity (Wildman–Crippen MR) is 143 cm³/mol. The van der Waals surface area contributed by atoms with Crippen molar-refractivity contribution in [1.82, 2.24) is 5.43 Å². The van der Waals surface area contributed by atoms with Gasteiger partial charge in [-0.15, -0.1) is 0 Å². The topological polar surface area (TPSA) is 73.8 Å². The SMILES string of the molecule is Cc1cccc(C(=O)Nc2ccc(N3CCCCC3)cc2C(=O)NN=Cc2ccc(Cl)c(C(F)(F)F)c2)c1. The van der Waals surface area contributed by atoms with Crippen molar-refractivity contribution in [3.05, 3.63) is 93.5 Å². The van der Waals surface area contributed by atoms with Gasteiger partial charge in [-0.05, 0) is 74.2 Å². The molecule has 0 saturated carbocycles. The van der Waals surface area contributed by atoms with Crippen molar-refractivity contribution in [2.24, 2.45) is 5.10 Å². The summed E-state index contributed by atoms with van der Waals surface area (Å²) in [6.45, 7) is 3.58. The van der Waals surface area contributed by atoms with E-state index in [2.05, 4.69) is 20.7 Å². The second-order valence-electron chi connectivity index (χ2n) is 9.04. The van der Waals surface area contributed by atoms with E-state index in [-0.39, 0.29) is 22.7 Å². The fraction of sp³-hybridized carbons (Fsp3) is 0.250. The van der Waals surface area contributed by atoms with Gasteiger partial charge in [0.15, 0.2) is 0 Å². The molecule has 38 heavy (non-hydrogen) atoms. The van der Waals surface area contributed by atoms with Gasteiger partial charge in [-0.1, -0.05) is 35.4 Å². The van der Waals surface area contributed by atoms with E-state index in [1.165, 1.54) is 6.07 Å². The number of hydrogen-bond acceptors (Lipinski definition) is 4. The number of halogens is 4. The van der Waals surface area contributed by atoms with Gasteiger partial charge >= 0.3 is 6.18 Å². The maximum absolute atomic E-state index is 13.1. The Hall–Kier alpha value is -3.85. The van der Waals surface area contributed by atoms with E-state index in [0.29, 0.717) is 5.56 Å². The number of piperidine rings is 1. The summed E-state index contributed by atoms with van der Waals surface area (Å²) >= 11 is 5.66. The average molecular weight is 543 g/mol. The molecule has 10 heteroatoms. The van der Waals surface area contributed by atoms with Crippen molar-refractivity contribution in [2.75, 3.05) is 23.3 Å². The van der Waals surface area contributed by atoms with Crippen LogP contribution in [0, 0.1) is 6.92 Å². The smallest absolute Gasteiger partial charge is 0.372 e.